The van der Waals surface area contributed by atoms with Crippen LogP contribution in [0.1, 0.15) is 33.9 Å². The molecule has 1 N–H and O–H groups in total. The molecular weight excluding hydrogens is 275 g/mol. The van der Waals surface area contributed by atoms with E-state index in [4.69, 9.17) is 0 Å². The van der Waals surface area contributed by atoms with E-state index in [-0.39, 0.29) is 5.56 Å². The number of nitrogens with one attached hydrogen (secondary N) is 1. The summed E-state index contributed by atoms with van der Waals surface area (Å²) in [5.41, 5.74) is 4.06. The molecule has 0 aliphatic rings. The van der Waals surface area contributed by atoms with Crippen molar-refractivity contribution in [2.75, 3.05) is 7.05 Å². The van der Waals surface area contributed by atoms with Gasteiger partial charge in [0.1, 0.15) is 0 Å². The summed E-state index contributed by atoms with van der Waals surface area (Å²) in [6.45, 7) is 5.84. The first-order valence-electron chi connectivity index (χ1n) is 6.75. The molecule has 0 bridgehead atoms. The predicted octanol–water partition coefficient (Wildman–Crippen LogP) is 4.34. The molecule has 0 aliphatic heterocycles. The molecule has 21 heavy (non-hydrogen) atoms. The fourth-order valence-corrected chi connectivity index (χ4v) is 2.87. The molecule has 0 fully saturated rings. The number of hydrogen-bond donors (Lipinski definition) is 1. The van der Waals surface area contributed by atoms with Crippen molar-refractivity contribution in [2.45, 2.75) is 26.8 Å². The average Bonchev–Trinajstić information content (AvgIpc) is 2.41. The zero-order chi connectivity index (χ0) is 15.7. The van der Waals surface area contributed by atoms with Crippen molar-refractivity contribution in [2.24, 2.45) is 0 Å². The summed E-state index contributed by atoms with van der Waals surface area (Å²) in [5.74, 6) is -3.76. The Bertz CT molecular complexity index is 657. The van der Waals surface area contributed by atoms with E-state index in [2.05, 4.69) is 5.32 Å². The number of aryl methyl sites for hydroxylation is 3. The fraction of sp³-hybridized carbons (Fsp3) is 0.294. The molecule has 1 nitrogen and oxygen atoms in total. The predicted molar refractivity (Wildman–Crippen MR) is 77.9 cm³/mol. The van der Waals surface area contributed by atoms with E-state index in [1.54, 1.807) is 7.05 Å². The van der Waals surface area contributed by atoms with Gasteiger partial charge in [0.2, 0.25) is 0 Å². The van der Waals surface area contributed by atoms with Crippen LogP contribution in [0.15, 0.2) is 24.3 Å². The summed E-state index contributed by atoms with van der Waals surface area (Å²) in [5, 5.41) is 2.99. The lowest BCUT2D eigenvalue weighted by atomic mass is 9.89. The van der Waals surface area contributed by atoms with E-state index in [9.17, 15) is 13.2 Å². The van der Waals surface area contributed by atoms with Gasteiger partial charge in [0.15, 0.2) is 17.5 Å². The van der Waals surface area contributed by atoms with Crippen LogP contribution in [0.2, 0.25) is 0 Å². The second-order valence-corrected chi connectivity index (χ2v) is 5.30. The van der Waals surface area contributed by atoms with Gasteiger partial charge in [-0.05, 0) is 50.6 Å². The van der Waals surface area contributed by atoms with Crippen molar-refractivity contribution in [1.29, 1.82) is 0 Å². The maximum atomic E-state index is 14.1. The number of hydrogen-bond acceptors (Lipinski definition) is 1. The van der Waals surface area contributed by atoms with Crippen LogP contribution in [0.25, 0.3) is 0 Å². The molecule has 1 atom stereocenters. The van der Waals surface area contributed by atoms with Crippen molar-refractivity contribution in [1.82, 2.24) is 5.32 Å². The minimum absolute atomic E-state index is 0.103. The lowest BCUT2D eigenvalue weighted by Gasteiger charge is -2.23. The Balaban J connectivity index is 2.64. The van der Waals surface area contributed by atoms with Crippen LogP contribution in [0.3, 0.4) is 0 Å². The molecular formula is C17H18F3N. The topological polar surface area (TPSA) is 12.0 Å². The van der Waals surface area contributed by atoms with Gasteiger partial charge in [-0.2, -0.15) is 0 Å². The minimum atomic E-state index is -1.44. The molecule has 0 saturated carbocycles. The van der Waals surface area contributed by atoms with Crippen molar-refractivity contribution >= 4 is 0 Å². The van der Waals surface area contributed by atoms with Gasteiger partial charge in [-0.3, -0.25) is 0 Å². The lowest BCUT2D eigenvalue weighted by molar-refractivity contribution is 0.435. The van der Waals surface area contributed by atoms with Crippen molar-refractivity contribution in [3.05, 3.63) is 69.5 Å². The molecule has 0 saturated heterocycles. The second kappa shape index (κ2) is 5.90. The van der Waals surface area contributed by atoms with E-state index in [0.29, 0.717) is 0 Å². The molecule has 112 valence electrons. The molecule has 1 unspecified atom stereocenters. The van der Waals surface area contributed by atoms with Gasteiger partial charge in [0.25, 0.3) is 0 Å². The van der Waals surface area contributed by atoms with Crippen molar-refractivity contribution < 1.29 is 13.2 Å². The molecule has 2 rings (SSSR count). The summed E-state index contributed by atoms with van der Waals surface area (Å²) in [6.07, 6.45) is 0. The molecule has 0 aliphatic carbocycles. The van der Waals surface area contributed by atoms with E-state index in [1.807, 2.05) is 32.9 Å². The van der Waals surface area contributed by atoms with Gasteiger partial charge in [-0.25, -0.2) is 13.2 Å². The summed E-state index contributed by atoms with van der Waals surface area (Å²) < 4.78 is 40.7. The van der Waals surface area contributed by atoms with Crippen LogP contribution in [0, 0.1) is 38.2 Å². The highest BCUT2D eigenvalue weighted by atomic mass is 19.2. The third-order valence-corrected chi connectivity index (χ3v) is 3.69. The molecule has 0 spiro atoms. The number of rotatable bonds is 3. The number of benzene rings is 2. The monoisotopic (exact) mass is 293 g/mol. The second-order valence-electron chi connectivity index (χ2n) is 5.30. The van der Waals surface area contributed by atoms with E-state index >= 15 is 0 Å². The molecule has 4 heteroatoms. The summed E-state index contributed by atoms with van der Waals surface area (Å²) in [4.78, 5) is 0. The van der Waals surface area contributed by atoms with Crippen LogP contribution < -0.4 is 5.32 Å². The van der Waals surface area contributed by atoms with E-state index in [0.717, 1.165) is 28.3 Å². The van der Waals surface area contributed by atoms with E-state index < -0.39 is 23.5 Å². The average molecular weight is 293 g/mol. The quantitative estimate of drug-likeness (QED) is 0.830. The Morgan fingerprint density at radius 1 is 0.905 bits per heavy atom. The Morgan fingerprint density at radius 2 is 1.48 bits per heavy atom. The molecule has 0 radical (unpaired) electrons. The van der Waals surface area contributed by atoms with Crippen molar-refractivity contribution in [3.63, 3.8) is 0 Å². The number of halogens is 3. The van der Waals surface area contributed by atoms with Gasteiger partial charge in [-0.15, -0.1) is 0 Å². The van der Waals surface area contributed by atoms with Crippen molar-refractivity contribution in [3.8, 4) is 0 Å². The van der Waals surface area contributed by atoms with Crippen LogP contribution in [0.4, 0.5) is 13.2 Å². The molecule has 0 heterocycles. The molecule has 2 aromatic carbocycles. The maximum Gasteiger partial charge on any atom is 0.194 e. The highest BCUT2D eigenvalue weighted by molar-refractivity contribution is 5.44. The molecule has 0 amide bonds. The standard InChI is InChI=1S/C17H18F3N/c1-9-7-10(2)14(11(3)8-9)17(21-4)12-5-6-13(18)16(20)15(12)19/h5-8,17,21H,1-4H3. The van der Waals surface area contributed by atoms with Gasteiger partial charge >= 0.3 is 0 Å². The smallest absolute Gasteiger partial charge is 0.194 e. The van der Waals surface area contributed by atoms with Crippen LogP contribution in [0.5, 0.6) is 0 Å². The maximum absolute atomic E-state index is 14.1. The minimum Gasteiger partial charge on any atom is -0.309 e. The highest BCUT2D eigenvalue weighted by Crippen LogP contribution is 2.31. The zero-order valence-corrected chi connectivity index (χ0v) is 12.5. The van der Waals surface area contributed by atoms with Crippen LogP contribution in [-0.4, -0.2) is 7.05 Å². The Morgan fingerprint density at radius 3 is 2.00 bits per heavy atom. The van der Waals surface area contributed by atoms with E-state index in [1.165, 1.54) is 6.07 Å². The Labute approximate surface area is 122 Å². The van der Waals surface area contributed by atoms with Crippen LogP contribution >= 0.6 is 0 Å². The SMILES string of the molecule is CNC(c1ccc(F)c(F)c1F)c1c(C)cc(C)cc1C. The summed E-state index contributed by atoms with van der Waals surface area (Å²) in [6, 6.07) is 5.69. The summed E-state index contributed by atoms with van der Waals surface area (Å²) >= 11 is 0. The lowest BCUT2D eigenvalue weighted by Crippen LogP contribution is -2.22. The van der Waals surface area contributed by atoms with Gasteiger partial charge in [-0.1, -0.05) is 23.8 Å². The van der Waals surface area contributed by atoms with Gasteiger partial charge in [0, 0.05) is 5.56 Å². The van der Waals surface area contributed by atoms with Crippen LogP contribution in [-0.2, 0) is 0 Å². The third kappa shape index (κ3) is 2.81. The first-order valence-corrected chi connectivity index (χ1v) is 6.75. The highest BCUT2D eigenvalue weighted by Gasteiger charge is 2.23. The first-order chi connectivity index (χ1) is 9.86. The largest absolute Gasteiger partial charge is 0.309 e. The first kappa shape index (κ1) is 15.6. The fourth-order valence-electron chi connectivity index (χ4n) is 2.87. The normalized spacial score (nSPS) is 12.5. The molecule has 0 aromatic heterocycles. The third-order valence-electron chi connectivity index (χ3n) is 3.69. The van der Waals surface area contributed by atoms with Gasteiger partial charge < -0.3 is 5.32 Å². The van der Waals surface area contributed by atoms with Gasteiger partial charge in [0.05, 0.1) is 6.04 Å². The Hall–Kier alpha value is -1.81. The zero-order valence-electron chi connectivity index (χ0n) is 12.5. The molecule has 2 aromatic rings. The Kier molecular flexibility index (Phi) is 4.37. The summed E-state index contributed by atoms with van der Waals surface area (Å²) in [7, 11) is 1.67.